The molecule has 156 valence electrons. The minimum absolute atomic E-state index is 0.313. The van der Waals surface area contributed by atoms with E-state index in [1.807, 2.05) is 54.6 Å². The second-order valence-corrected chi connectivity index (χ2v) is 7.36. The standard InChI is InChI=1S/C25H24N4O2/c1-17-21(19-8-3-2-4-9-19)11-6-12-22(17)25-28-24(29-31-25)20-10-5-7-18(15-20)16-27-14-13-23(26)30/h2-12,15,27H,13-14,16H2,1H3,(H2,26,30). The van der Waals surface area contributed by atoms with Gasteiger partial charge in [-0.1, -0.05) is 65.8 Å². The maximum absolute atomic E-state index is 10.8. The van der Waals surface area contributed by atoms with Crippen LogP contribution in [0.4, 0.5) is 0 Å². The Morgan fingerprint density at radius 1 is 0.968 bits per heavy atom. The number of aromatic nitrogens is 2. The second kappa shape index (κ2) is 9.36. The van der Waals surface area contributed by atoms with Crippen molar-refractivity contribution in [3.63, 3.8) is 0 Å². The minimum atomic E-state index is -0.313. The lowest BCUT2D eigenvalue weighted by Gasteiger charge is -2.08. The molecule has 0 aliphatic heterocycles. The largest absolute Gasteiger partial charge is 0.370 e. The van der Waals surface area contributed by atoms with Crippen molar-refractivity contribution >= 4 is 5.91 Å². The van der Waals surface area contributed by atoms with Gasteiger partial charge in [0, 0.05) is 30.6 Å². The quantitative estimate of drug-likeness (QED) is 0.420. The molecule has 0 saturated carbocycles. The van der Waals surface area contributed by atoms with Crippen LogP contribution in [0.5, 0.6) is 0 Å². The molecule has 0 unspecified atom stereocenters. The summed E-state index contributed by atoms with van der Waals surface area (Å²) in [5.41, 5.74) is 11.4. The first-order chi connectivity index (χ1) is 15.1. The van der Waals surface area contributed by atoms with Crippen LogP contribution in [-0.4, -0.2) is 22.6 Å². The van der Waals surface area contributed by atoms with Crippen LogP contribution in [0.3, 0.4) is 0 Å². The van der Waals surface area contributed by atoms with E-state index in [1.54, 1.807) is 0 Å². The van der Waals surface area contributed by atoms with E-state index in [0.29, 0.717) is 31.2 Å². The molecule has 0 bridgehead atoms. The fraction of sp³-hybridized carbons (Fsp3) is 0.160. The summed E-state index contributed by atoms with van der Waals surface area (Å²) in [6, 6.07) is 24.3. The van der Waals surface area contributed by atoms with E-state index in [9.17, 15) is 4.79 Å². The predicted octanol–water partition coefficient (Wildman–Crippen LogP) is 4.34. The lowest BCUT2D eigenvalue weighted by molar-refractivity contribution is -0.117. The molecule has 6 heteroatoms. The minimum Gasteiger partial charge on any atom is -0.370 e. The van der Waals surface area contributed by atoms with Gasteiger partial charge in [-0.05, 0) is 41.3 Å². The first kappa shape index (κ1) is 20.5. The molecular formula is C25H24N4O2. The van der Waals surface area contributed by atoms with Gasteiger partial charge in [-0.15, -0.1) is 0 Å². The Labute approximate surface area is 181 Å². The number of carbonyl (C=O) groups excluding carboxylic acids is 1. The summed E-state index contributed by atoms with van der Waals surface area (Å²) in [7, 11) is 0. The molecule has 1 amide bonds. The second-order valence-electron chi connectivity index (χ2n) is 7.36. The van der Waals surface area contributed by atoms with Crippen molar-refractivity contribution in [3.8, 4) is 34.0 Å². The summed E-state index contributed by atoms with van der Waals surface area (Å²) >= 11 is 0. The molecule has 0 aliphatic rings. The molecule has 0 aliphatic carbocycles. The molecule has 4 rings (SSSR count). The molecule has 3 N–H and O–H groups in total. The Kier molecular flexibility index (Phi) is 6.19. The van der Waals surface area contributed by atoms with Gasteiger partial charge in [0.1, 0.15) is 0 Å². The highest BCUT2D eigenvalue weighted by molar-refractivity contribution is 5.75. The van der Waals surface area contributed by atoms with Crippen molar-refractivity contribution in [1.82, 2.24) is 15.5 Å². The van der Waals surface area contributed by atoms with Crippen molar-refractivity contribution in [2.24, 2.45) is 5.73 Å². The molecule has 0 spiro atoms. The Hall–Kier alpha value is -3.77. The molecule has 0 atom stereocenters. The van der Waals surface area contributed by atoms with E-state index in [-0.39, 0.29) is 5.91 Å². The number of hydrogen-bond donors (Lipinski definition) is 2. The van der Waals surface area contributed by atoms with Crippen molar-refractivity contribution in [2.45, 2.75) is 19.9 Å². The van der Waals surface area contributed by atoms with Crippen LogP contribution in [0.15, 0.2) is 77.3 Å². The molecule has 0 saturated heterocycles. The van der Waals surface area contributed by atoms with Gasteiger partial charge < -0.3 is 15.6 Å². The molecule has 3 aromatic carbocycles. The number of amides is 1. The highest BCUT2D eigenvalue weighted by Crippen LogP contribution is 2.31. The Bertz CT molecular complexity index is 1190. The zero-order valence-corrected chi connectivity index (χ0v) is 17.3. The van der Waals surface area contributed by atoms with Crippen LogP contribution >= 0.6 is 0 Å². The van der Waals surface area contributed by atoms with Gasteiger partial charge in [0.05, 0.1) is 0 Å². The highest BCUT2D eigenvalue weighted by Gasteiger charge is 2.15. The highest BCUT2D eigenvalue weighted by atomic mass is 16.5. The molecule has 31 heavy (non-hydrogen) atoms. The molecular weight excluding hydrogens is 388 g/mol. The first-order valence-corrected chi connectivity index (χ1v) is 10.2. The van der Waals surface area contributed by atoms with Gasteiger partial charge in [0.2, 0.25) is 11.7 Å². The maximum atomic E-state index is 10.8. The van der Waals surface area contributed by atoms with Gasteiger partial charge in [0.15, 0.2) is 0 Å². The average molecular weight is 412 g/mol. The van der Waals surface area contributed by atoms with E-state index < -0.39 is 0 Å². The average Bonchev–Trinajstić information content (AvgIpc) is 3.28. The van der Waals surface area contributed by atoms with Crippen molar-refractivity contribution in [3.05, 3.63) is 83.9 Å². The normalized spacial score (nSPS) is 10.9. The summed E-state index contributed by atoms with van der Waals surface area (Å²) in [5, 5.41) is 7.41. The predicted molar refractivity (Wildman–Crippen MR) is 121 cm³/mol. The molecule has 0 fully saturated rings. The number of nitrogens with one attached hydrogen (secondary N) is 1. The molecule has 4 aromatic rings. The van der Waals surface area contributed by atoms with Crippen LogP contribution in [0.1, 0.15) is 17.5 Å². The SMILES string of the molecule is Cc1c(-c2ccccc2)cccc1-c1nc(-c2cccc(CNCCC(N)=O)c2)no1. The zero-order chi connectivity index (χ0) is 21.6. The lowest BCUT2D eigenvalue weighted by Crippen LogP contribution is -2.21. The number of nitrogens with zero attached hydrogens (tertiary/aromatic N) is 2. The van der Waals surface area contributed by atoms with Gasteiger partial charge >= 0.3 is 0 Å². The maximum Gasteiger partial charge on any atom is 0.258 e. The lowest BCUT2D eigenvalue weighted by atomic mass is 9.96. The van der Waals surface area contributed by atoms with Crippen LogP contribution in [0, 0.1) is 6.92 Å². The Balaban J connectivity index is 1.55. The van der Waals surface area contributed by atoms with Gasteiger partial charge in [-0.25, -0.2) is 0 Å². The zero-order valence-electron chi connectivity index (χ0n) is 17.3. The van der Waals surface area contributed by atoms with E-state index >= 15 is 0 Å². The smallest absolute Gasteiger partial charge is 0.258 e. The molecule has 6 nitrogen and oxygen atoms in total. The number of carbonyl (C=O) groups is 1. The fourth-order valence-corrected chi connectivity index (χ4v) is 3.51. The van der Waals surface area contributed by atoms with E-state index in [1.165, 1.54) is 0 Å². The molecule has 1 aromatic heterocycles. The fourth-order valence-electron chi connectivity index (χ4n) is 3.51. The Morgan fingerprint density at radius 3 is 2.52 bits per heavy atom. The van der Waals surface area contributed by atoms with Gasteiger partial charge in [0.25, 0.3) is 5.89 Å². The van der Waals surface area contributed by atoms with Crippen LogP contribution < -0.4 is 11.1 Å². The third-order valence-corrected chi connectivity index (χ3v) is 5.14. The third kappa shape index (κ3) is 4.87. The van der Waals surface area contributed by atoms with Crippen LogP contribution in [-0.2, 0) is 11.3 Å². The van der Waals surface area contributed by atoms with Crippen molar-refractivity contribution in [2.75, 3.05) is 6.54 Å². The summed E-state index contributed by atoms with van der Waals surface area (Å²) < 4.78 is 5.61. The van der Waals surface area contributed by atoms with Gasteiger partial charge in [-0.2, -0.15) is 4.98 Å². The summed E-state index contributed by atoms with van der Waals surface area (Å²) in [6.07, 6.45) is 0.315. The monoisotopic (exact) mass is 412 g/mol. The first-order valence-electron chi connectivity index (χ1n) is 10.2. The topological polar surface area (TPSA) is 94.0 Å². The molecule has 1 heterocycles. The van der Waals surface area contributed by atoms with Gasteiger partial charge in [-0.3, -0.25) is 4.79 Å². The summed E-state index contributed by atoms with van der Waals surface area (Å²) in [4.78, 5) is 15.5. The Morgan fingerprint density at radius 2 is 1.71 bits per heavy atom. The van der Waals surface area contributed by atoms with E-state index in [2.05, 4.69) is 40.6 Å². The molecule has 0 radical (unpaired) electrons. The van der Waals surface area contributed by atoms with Crippen molar-refractivity contribution in [1.29, 1.82) is 0 Å². The number of nitrogens with two attached hydrogens (primary N) is 1. The van der Waals surface area contributed by atoms with Crippen LogP contribution in [0.25, 0.3) is 34.0 Å². The number of rotatable bonds is 8. The number of primary amides is 1. The summed E-state index contributed by atoms with van der Waals surface area (Å²) in [5.74, 6) is 0.723. The summed E-state index contributed by atoms with van der Waals surface area (Å²) in [6.45, 7) is 3.24. The van der Waals surface area contributed by atoms with E-state index in [4.69, 9.17) is 10.3 Å². The third-order valence-electron chi connectivity index (χ3n) is 5.14. The van der Waals surface area contributed by atoms with Crippen LogP contribution in [0.2, 0.25) is 0 Å². The van der Waals surface area contributed by atoms with Crippen molar-refractivity contribution < 1.29 is 9.32 Å². The number of benzene rings is 3. The van der Waals surface area contributed by atoms with E-state index in [0.717, 1.165) is 33.4 Å². The number of hydrogen-bond acceptors (Lipinski definition) is 5.